The lowest BCUT2D eigenvalue weighted by molar-refractivity contribution is -0.227. The smallest absolute Gasteiger partial charge is 0.428 e. The van der Waals surface area contributed by atoms with Gasteiger partial charge in [0.15, 0.2) is 0 Å². The van der Waals surface area contributed by atoms with E-state index in [2.05, 4.69) is 21.9 Å². The van der Waals surface area contributed by atoms with Crippen molar-refractivity contribution >= 4 is 5.97 Å². The van der Waals surface area contributed by atoms with Crippen molar-refractivity contribution in [3.63, 3.8) is 0 Å². The Morgan fingerprint density at radius 2 is 1.71 bits per heavy atom. The molecule has 1 atom stereocenters. The van der Waals surface area contributed by atoms with Crippen LogP contribution in [0, 0.1) is 0 Å². The SMILES string of the molecule is CCCCCOc1ccc(-c2ccc(OCC(OC(=O)CCC)C(F)(F)F)nn2)cc1. The third-order valence-electron chi connectivity index (χ3n) is 4.28. The predicted molar refractivity (Wildman–Crippen MR) is 109 cm³/mol. The van der Waals surface area contributed by atoms with Crippen LogP contribution >= 0.6 is 0 Å². The molecule has 0 N–H and O–H groups in total. The molecule has 0 spiro atoms. The minimum Gasteiger partial charge on any atom is -0.494 e. The Morgan fingerprint density at radius 1 is 0.968 bits per heavy atom. The summed E-state index contributed by atoms with van der Waals surface area (Å²) in [6, 6.07) is 10.3. The van der Waals surface area contributed by atoms with E-state index in [0.29, 0.717) is 18.7 Å². The first-order valence-electron chi connectivity index (χ1n) is 10.3. The Hall–Kier alpha value is -2.84. The summed E-state index contributed by atoms with van der Waals surface area (Å²) in [6.07, 6.45) is -3.56. The van der Waals surface area contributed by atoms with Gasteiger partial charge in [0.05, 0.1) is 12.3 Å². The van der Waals surface area contributed by atoms with Gasteiger partial charge in [0.1, 0.15) is 12.4 Å². The van der Waals surface area contributed by atoms with E-state index in [-0.39, 0.29) is 12.3 Å². The number of ether oxygens (including phenoxy) is 3. The molecule has 0 saturated carbocycles. The van der Waals surface area contributed by atoms with Crippen LogP contribution in [0.4, 0.5) is 13.2 Å². The zero-order valence-electron chi connectivity index (χ0n) is 17.7. The van der Waals surface area contributed by atoms with Crippen molar-refractivity contribution < 1.29 is 32.2 Å². The first-order chi connectivity index (χ1) is 14.8. The molecule has 2 aromatic rings. The maximum Gasteiger partial charge on any atom is 0.428 e. The molecular formula is C22H27F3N2O4. The number of hydrogen-bond donors (Lipinski definition) is 0. The minimum absolute atomic E-state index is 0.0936. The van der Waals surface area contributed by atoms with Gasteiger partial charge in [0, 0.05) is 18.1 Å². The Balaban J connectivity index is 1.92. The summed E-state index contributed by atoms with van der Waals surface area (Å²) < 4.78 is 54.4. The van der Waals surface area contributed by atoms with E-state index in [4.69, 9.17) is 9.47 Å². The monoisotopic (exact) mass is 440 g/mol. The van der Waals surface area contributed by atoms with Crippen molar-refractivity contribution in [2.75, 3.05) is 13.2 Å². The van der Waals surface area contributed by atoms with Gasteiger partial charge in [0.25, 0.3) is 0 Å². The first-order valence-corrected chi connectivity index (χ1v) is 10.3. The number of hydrogen-bond acceptors (Lipinski definition) is 6. The molecular weight excluding hydrogens is 413 g/mol. The van der Waals surface area contributed by atoms with Crippen LogP contribution in [0.3, 0.4) is 0 Å². The fourth-order valence-corrected chi connectivity index (χ4v) is 2.59. The molecule has 1 aromatic heterocycles. The molecule has 31 heavy (non-hydrogen) atoms. The Bertz CT molecular complexity index is 796. The topological polar surface area (TPSA) is 70.5 Å². The lowest BCUT2D eigenvalue weighted by Crippen LogP contribution is -2.38. The highest BCUT2D eigenvalue weighted by Crippen LogP contribution is 2.25. The summed E-state index contributed by atoms with van der Waals surface area (Å²) in [4.78, 5) is 11.4. The van der Waals surface area contributed by atoms with E-state index in [9.17, 15) is 18.0 Å². The molecule has 9 heteroatoms. The summed E-state index contributed by atoms with van der Waals surface area (Å²) in [6.45, 7) is 3.57. The predicted octanol–water partition coefficient (Wildman–Crippen LogP) is 5.37. The largest absolute Gasteiger partial charge is 0.494 e. The molecule has 0 aliphatic heterocycles. The number of nitrogens with zero attached hydrogens (tertiary/aromatic N) is 2. The van der Waals surface area contributed by atoms with Crippen LogP contribution in [0.2, 0.25) is 0 Å². The number of carbonyl (C=O) groups is 1. The maximum absolute atomic E-state index is 13.1. The summed E-state index contributed by atoms with van der Waals surface area (Å²) in [5, 5.41) is 7.80. The summed E-state index contributed by atoms with van der Waals surface area (Å²) >= 11 is 0. The molecule has 0 saturated heterocycles. The molecule has 0 aliphatic rings. The Labute approximate surface area is 179 Å². The molecule has 0 amide bonds. The summed E-state index contributed by atoms with van der Waals surface area (Å²) in [7, 11) is 0. The van der Waals surface area contributed by atoms with Crippen molar-refractivity contribution in [3.8, 4) is 22.9 Å². The van der Waals surface area contributed by atoms with Crippen LogP contribution in [-0.2, 0) is 9.53 Å². The van der Waals surface area contributed by atoms with Crippen LogP contribution in [0.15, 0.2) is 36.4 Å². The van der Waals surface area contributed by atoms with E-state index >= 15 is 0 Å². The molecule has 0 aliphatic carbocycles. The van der Waals surface area contributed by atoms with E-state index in [1.165, 1.54) is 6.07 Å². The molecule has 1 unspecified atom stereocenters. The average molecular weight is 440 g/mol. The standard InChI is InChI=1S/C22H27F3N2O4/c1-3-5-6-14-29-17-10-8-16(9-11-17)18-12-13-20(27-26-18)30-15-19(22(23,24)25)31-21(28)7-4-2/h8-13,19H,3-7,14-15H2,1-2H3. The molecule has 0 fully saturated rings. The van der Waals surface area contributed by atoms with Crippen LogP contribution in [0.5, 0.6) is 11.6 Å². The van der Waals surface area contributed by atoms with Crippen molar-refractivity contribution in [1.29, 1.82) is 0 Å². The van der Waals surface area contributed by atoms with Gasteiger partial charge >= 0.3 is 12.1 Å². The highest BCUT2D eigenvalue weighted by molar-refractivity contribution is 5.69. The molecule has 2 rings (SSSR count). The number of esters is 1. The van der Waals surface area contributed by atoms with Gasteiger partial charge in [-0.3, -0.25) is 4.79 Å². The summed E-state index contributed by atoms with van der Waals surface area (Å²) in [5.74, 6) is -0.267. The van der Waals surface area contributed by atoms with Crippen molar-refractivity contribution in [1.82, 2.24) is 10.2 Å². The van der Waals surface area contributed by atoms with Crippen LogP contribution in [-0.4, -0.2) is 41.7 Å². The van der Waals surface area contributed by atoms with Crippen molar-refractivity contribution in [2.45, 2.75) is 58.2 Å². The average Bonchev–Trinajstić information content (AvgIpc) is 2.74. The zero-order valence-corrected chi connectivity index (χ0v) is 17.7. The number of rotatable bonds is 12. The van der Waals surface area contributed by atoms with Crippen LogP contribution < -0.4 is 9.47 Å². The van der Waals surface area contributed by atoms with E-state index in [1.807, 2.05) is 24.3 Å². The van der Waals surface area contributed by atoms with Crippen LogP contribution in [0.25, 0.3) is 11.3 Å². The second kappa shape index (κ2) is 12.1. The number of alkyl halides is 3. The molecule has 1 heterocycles. The van der Waals surface area contributed by atoms with E-state index < -0.39 is 24.9 Å². The van der Waals surface area contributed by atoms with Gasteiger partial charge in [-0.2, -0.15) is 13.2 Å². The molecule has 0 bridgehead atoms. The normalized spacial score (nSPS) is 12.3. The Morgan fingerprint density at radius 3 is 2.29 bits per heavy atom. The van der Waals surface area contributed by atoms with Gasteiger partial charge in [-0.05, 0) is 43.2 Å². The molecule has 6 nitrogen and oxygen atoms in total. The number of carbonyl (C=O) groups excluding carboxylic acids is 1. The number of halogens is 3. The van der Waals surface area contributed by atoms with Gasteiger partial charge in [0.2, 0.25) is 12.0 Å². The van der Waals surface area contributed by atoms with Gasteiger partial charge in [-0.25, -0.2) is 0 Å². The number of unbranched alkanes of at least 4 members (excludes halogenated alkanes) is 2. The van der Waals surface area contributed by atoms with Crippen molar-refractivity contribution in [2.24, 2.45) is 0 Å². The second-order valence-electron chi connectivity index (χ2n) is 6.92. The maximum atomic E-state index is 13.1. The van der Waals surface area contributed by atoms with Gasteiger partial charge < -0.3 is 14.2 Å². The second-order valence-corrected chi connectivity index (χ2v) is 6.92. The quantitative estimate of drug-likeness (QED) is 0.327. The first kappa shape index (κ1) is 24.4. The van der Waals surface area contributed by atoms with Gasteiger partial charge in [-0.1, -0.05) is 26.7 Å². The number of benzene rings is 1. The highest BCUT2D eigenvalue weighted by Gasteiger charge is 2.43. The molecule has 1 aromatic carbocycles. The van der Waals surface area contributed by atoms with Crippen LogP contribution in [0.1, 0.15) is 46.0 Å². The minimum atomic E-state index is -4.74. The third-order valence-corrected chi connectivity index (χ3v) is 4.28. The lowest BCUT2D eigenvalue weighted by atomic mass is 10.1. The fraction of sp³-hybridized carbons (Fsp3) is 0.500. The van der Waals surface area contributed by atoms with Crippen molar-refractivity contribution in [3.05, 3.63) is 36.4 Å². The zero-order chi connectivity index (χ0) is 22.7. The highest BCUT2D eigenvalue weighted by atomic mass is 19.4. The van der Waals surface area contributed by atoms with Gasteiger partial charge in [-0.15, -0.1) is 10.2 Å². The fourth-order valence-electron chi connectivity index (χ4n) is 2.59. The Kier molecular flexibility index (Phi) is 9.55. The molecule has 0 radical (unpaired) electrons. The summed E-state index contributed by atoms with van der Waals surface area (Å²) in [5.41, 5.74) is 1.31. The lowest BCUT2D eigenvalue weighted by Gasteiger charge is -2.20. The third kappa shape index (κ3) is 8.43. The molecule has 170 valence electrons. The van der Waals surface area contributed by atoms with E-state index in [0.717, 1.165) is 30.6 Å². The number of aromatic nitrogens is 2. The van der Waals surface area contributed by atoms with E-state index in [1.54, 1.807) is 13.0 Å².